The van der Waals surface area contributed by atoms with Gasteiger partial charge in [0.2, 0.25) is 0 Å². The summed E-state index contributed by atoms with van der Waals surface area (Å²) < 4.78 is 0. The Bertz CT molecular complexity index is 955. The largest absolute Gasteiger partial charge is 0.370 e. The predicted molar refractivity (Wildman–Crippen MR) is 186 cm³/mol. The second kappa shape index (κ2) is 14.5. The van der Waals surface area contributed by atoms with Gasteiger partial charge in [0, 0.05) is 38.3 Å². The summed E-state index contributed by atoms with van der Waals surface area (Å²) in [5, 5.41) is 9.69. The predicted octanol–water partition coefficient (Wildman–Crippen LogP) is 6.87. The third-order valence-electron chi connectivity index (χ3n) is 12.7. The van der Waals surface area contributed by atoms with Gasteiger partial charge in [-0.15, -0.1) is 0 Å². The molecular weight excluding hydrogens is 542 g/mol. The van der Waals surface area contributed by atoms with Crippen LogP contribution < -0.4 is 5.73 Å². The van der Waals surface area contributed by atoms with Crippen molar-refractivity contribution in [2.24, 2.45) is 45.7 Å². The molecule has 0 aromatic carbocycles. The molecule has 2 saturated heterocycles. The standard InChI is InChI=1S/C37H69N7/c1-26(2)33-21-40-35(38)43(33)24-31-14-11-19-41(31)23-32(20-28-12-9-8-10-13-28)42-25-34(27(3)4)44(36(42)39)22-29-15-17-30(18-16-29)37(5,6)7/h26-34,39H,8-25H2,1-7H3,(H2,38,40)/t29?,30?,31-,32+,33-,34-/m0/s1. The first-order chi connectivity index (χ1) is 20.9. The van der Waals surface area contributed by atoms with Crippen LogP contribution in [-0.4, -0.2) is 95.0 Å². The van der Waals surface area contributed by atoms with Crippen molar-refractivity contribution < 1.29 is 0 Å². The summed E-state index contributed by atoms with van der Waals surface area (Å²) in [7, 11) is 0. The molecule has 252 valence electrons. The summed E-state index contributed by atoms with van der Waals surface area (Å²) in [4.78, 5) is 15.0. The van der Waals surface area contributed by atoms with E-state index >= 15 is 0 Å². The first kappa shape index (κ1) is 33.9. The van der Waals surface area contributed by atoms with Crippen molar-refractivity contribution in [3.05, 3.63) is 0 Å². The molecule has 7 heteroatoms. The topological polar surface area (TPSA) is 75.2 Å². The molecule has 4 atom stereocenters. The molecule has 2 saturated carbocycles. The Morgan fingerprint density at radius 1 is 0.818 bits per heavy atom. The normalized spacial score (nSPS) is 32.0. The molecule has 0 unspecified atom stereocenters. The van der Waals surface area contributed by atoms with Gasteiger partial charge in [-0.2, -0.15) is 0 Å². The molecule has 44 heavy (non-hydrogen) atoms. The molecule has 3 aliphatic heterocycles. The second-order valence-electron chi connectivity index (χ2n) is 17.4. The molecule has 0 aromatic heterocycles. The maximum Gasteiger partial charge on any atom is 0.194 e. The SMILES string of the molecule is CC(C)[C@@H]1CN([C@H](CC2CCCCC2)CN2CCC[C@H]2CN2C(N)=NC[C@H]2C(C)C)C(=N)N1CC1CCC(C(C)(C)C)CC1. The number of nitrogens with zero attached hydrogens (tertiary/aromatic N) is 5. The summed E-state index contributed by atoms with van der Waals surface area (Å²) in [6.45, 7) is 22.9. The van der Waals surface area contributed by atoms with Crippen LogP contribution in [0.2, 0.25) is 0 Å². The zero-order chi connectivity index (χ0) is 31.6. The zero-order valence-corrected chi connectivity index (χ0v) is 29.7. The highest BCUT2D eigenvalue weighted by Crippen LogP contribution is 2.41. The van der Waals surface area contributed by atoms with Crippen LogP contribution in [-0.2, 0) is 0 Å². The first-order valence-electron chi connectivity index (χ1n) is 18.8. The Morgan fingerprint density at radius 2 is 1.50 bits per heavy atom. The minimum atomic E-state index is 0.422. The van der Waals surface area contributed by atoms with E-state index < -0.39 is 0 Å². The molecule has 3 heterocycles. The van der Waals surface area contributed by atoms with E-state index in [1.807, 2.05) is 0 Å². The lowest BCUT2D eigenvalue weighted by atomic mass is 9.70. The zero-order valence-electron chi connectivity index (χ0n) is 29.7. The quantitative estimate of drug-likeness (QED) is 0.267. The van der Waals surface area contributed by atoms with Gasteiger partial charge in [-0.05, 0) is 86.5 Å². The number of nitrogens with two attached hydrogens (primary N) is 1. The number of likely N-dealkylation sites (tertiary alicyclic amines) is 1. The summed E-state index contributed by atoms with van der Waals surface area (Å²) >= 11 is 0. The van der Waals surface area contributed by atoms with Crippen molar-refractivity contribution in [3.63, 3.8) is 0 Å². The molecule has 0 spiro atoms. The van der Waals surface area contributed by atoms with Crippen LogP contribution in [0.15, 0.2) is 4.99 Å². The summed E-state index contributed by atoms with van der Waals surface area (Å²) in [5.41, 5.74) is 6.88. The minimum absolute atomic E-state index is 0.422. The highest BCUT2D eigenvalue weighted by molar-refractivity contribution is 5.80. The number of rotatable bonds is 11. The Kier molecular flexibility index (Phi) is 11.2. The lowest BCUT2D eigenvalue weighted by Crippen LogP contribution is -2.53. The summed E-state index contributed by atoms with van der Waals surface area (Å²) in [5.74, 6) is 5.11. The molecule has 4 fully saturated rings. The van der Waals surface area contributed by atoms with E-state index in [1.165, 1.54) is 83.6 Å². The van der Waals surface area contributed by atoms with Crippen LogP contribution in [0.4, 0.5) is 0 Å². The van der Waals surface area contributed by atoms with E-state index in [2.05, 4.69) is 73.1 Å². The first-order valence-corrected chi connectivity index (χ1v) is 18.8. The molecule has 2 aliphatic carbocycles. The average Bonchev–Trinajstić information content (AvgIpc) is 3.67. The number of nitrogens with one attached hydrogen (secondary N) is 1. The van der Waals surface area contributed by atoms with Crippen LogP contribution in [0.25, 0.3) is 0 Å². The summed E-state index contributed by atoms with van der Waals surface area (Å²) in [6.07, 6.45) is 16.1. The molecule has 5 aliphatic rings. The molecule has 0 amide bonds. The van der Waals surface area contributed by atoms with E-state index in [-0.39, 0.29) is 0 Å². The highest BCUT2D eigenvalue weighted by Gasteiger charge is 2.43. The van der Waals surface area contributed by atoms with Crippen molar-refractivity contribution >= 4 is 11.9 Å². The van der Waals surface area contributed by atoms with E-state index in [0.717, 1.165) is 62.4 Å². The van der Waals surface area contributed by atoms with Gasteiger partial charge in [-0.25, -0.2) is 0 Å². The Morgan fingerprint density at radius 3 is 2.14 bits per heavy atom. The Balaban J connectivity index is 1.29. The van der Waals surface area contributed by atoms with E-state index in [1.54, 1.807) is 0 Å². The molecule has 7 nitrogen and oxygen atoms in total. The van der Waals surface area contributed by atoms with Crippen molar-refractivity contribution in [3.8, 4) is 0 Å². The number of guanidine groups is 2. The maximum atomic E-state index is 9.69. The van der Waals surface area contributed by atoms with Gasteiger partial charge in [0.1, 0.15) is 0 Å². The fourth-order valence-electron chi connectivity index (χ4n) is 9.61. The monoisotopic (exact) mass is 612 g/mol. The molecular formula is C37H69N7. The van der Waals surface area contributed by atoms with E-state index in [4.69, 9.17) is 5.73 Å². The molecule has 5 rings (SSSR count). The summed E-state index contributed by atoms with van der Waals surface area (Å²) in [6, 6.07) is 1.85. The minimum Gasteiger partial charge on any atom is -0.370 e. The Hall–Kier alpha value is -1.50. The average molecular weight is 612 g/mol. The van der Waals surface area contributed by atoms with Crippen molar-refractivity contribution in [2.45, 2.75) is 150 Å². The molecule has 0 aromatic rings. The van der Waals surface area contributed by atoms with Gasteiger partial charge in [-0.3, -0.25) is 15.3 Å². The molecule has 0 radical (unpaired) electrons. The fraction of sp³-hybridized carbons (Fsp3) is 0.946. The smallest absolute Gasteiger partial charge is 0.194 e. The third kappa shape index (κ3) is 7.89. The lowest BCUT2D eigenvalue weighted by molar-refractivity contribution is 0.129. The Labute approximate surface area is 271 Å². The highest BCUT2D eigenvalue weighted by atomic mass is 15.5. The van der Waals surface area contributed by atoms with Crippen LogP contribution >= 0.6 is 0 Å². The van der Waals surface area contributed by atoms with Gasteiger partial charge in [-0.1, -0.05) is 80.6 Å². The molecule has 0 bridgehead atoms. The van der Waals surface area contributed by atoms with Crippen LogP contribution in [0, 0.1) is 40.4 Å². The van der Waals surface area contributed by atoms with Crippen molar-refractivity contribution in [1.82, 2.24) is 19.6 Å². The lowest BCUT2D eigenvalue weighted by Gasteiger charge is -2.40. The van der Waals surface area contributed by atoms with Gasteiger partial charge in [0.25, 0.3) is 0 Å². The van der Waals surface area contributed by atoms with Crippen LogP contribution in [0.3, 0.4) is 0 Å². The van der Waals surface area contributed by atoms with Crippen LogP contribution in [0.5, 0.6) is 0 Å². The third-order valence-corrected chi connectivity index (χ3v) is 12.7. The number of hydrogen-bond acceptors (Lipinski definition) is 5. The van der Waals surface area contributed by atoms with Crippen molar-refractivity contribution in [1.29, 1.82) is 5.41 Å². The fourth-order valence-corrected chi connectivity index (χ4v) is 9.61. The van der Waals surface area contributed by atoms with Gasteiger partial charge in [0.05, 0.1) is 18.6 Å². The van der Waals surface area contributed by atoms with Crippen LogP contribution in [0.1, 0.15) is 126 Å². The molecule has 3 N–H and O–H groups in total. The van der Waals surface area contributed by atoms with Gasteiger partial charge < -0.3 is 20.4 Å². The van der Waals surface area contributed by atoms with Crippen molar-refractivity contribution in [2.75, 3.05) is 39.3 Å². The van der Waals surface area contributed by atoms with E-state index in [9.17, 15) is 5.41 Å². The second-order valence-corrected chi connectivity index (χ2v) is 17.4. The maximum absolute atomic E-state index is 9.69. The number of aliphatic imine (C=N–C) groups is 1. The van der Waals surface area contributed by atoms with Gasteiger partial charge >= 0.3 is 0 Å². The number of hydrogen-bond donors (Lipinski definition) is 2. The van der Waals surface area contributed by atoms with E-state index in [0.29, 0.717) is 41.4 Å². The van der Waals surface area contributed by atoms with Gasteiger partial charge in [0.15, 0.2) is 11.9 Å².